The number of aromatic nitrogens is 4. The molecule has 33 heavy (non-hydrogen) atoms. The van der Waals surface area contributed by atoms with Gasteiger partial charge in [0.2, 0.25) is 5.95 Å². The Morgan fingerprint density at radius 3 is 2.45 bits per heavy atom. The lowest BCUT2D eigenvalue weighted by molar-refractivity contribution is 0.102. The third-order valence-corrected chi connectivity index (χ3v) is 5.41. The number of carbonyl (C=O) groups is 1. The zero-order valence-electron chi connectivity index (χ0n) is 18.1. The first-order chi connectivity index (χ1) is 16.0. The van der Waals surface area contributed by atoms with Gasteiger partial charge in [-0.25, -0.2) is 14.4 Å². The van der Waals surface area contributed by atoms with Crippen LogP contribution in [0.15, 0.2) is 72.8 Å². The van der Waals surface area contributed by atoms with Crippen LogP contribution in [0.4, 0.5) is 16.0 Å². The Bertz CT molecular complexity index is 1460. The maximum atomic E-state index is 13.1. The molecule has 164 valence electrons. The molecule has 2 heterocycles. The van der Waals surface area contributed by atoms with Gasteiger partial charge >= 0.3 is 0 Å². The molecule has 5 rings (SSSR count). The van der Waals surface area contributed by atoms with E-state index in [1.54, 1.807) is 4.52 Å². The summed E-state index contributed by atoms with van der Waals surface area (Å²) in [5.74, 6) is 0.602. The van der Waals surface area contributed by atoms with Crippen molar-refractivity contribution in [2.24, 2.45) is 0 Å². The number of aryl methyl sites for hydroxylation is 1. The molecular weight excluding hydrogens is 419 g/mol. The molecule has 8 heteroatoms. The van der Waals surface area contributed by atoms with Gasteiger partial charge in [0.05, 0.1) is 11.6 Å². The Hall–Kier alpha value is -4.33. The second kappa shape index (κ2) is 8.31. The van der Waals surface area contributed by atoms with E-state index >= 15 is 0 Å². The molecule has 1 amide bonds. The highest BCUT2D eigenvalue weighted by molar-refractivity contribution is 6.04. The first kappa shape index (κ1) is 20.6. The van der Waals surface area contributed by atoms with E-state index in [9.17, 15) is 9.18 Å². The normalized spacial score (nSPS) is 12.1. The van der Waals surface area contributed by atoms with Crippen LogP contribution >= 0.6 is 0 Å². The van der Waals surface area contributed by atoms with Gasteiger partial charge in [0.15, 0.2) is 5.65 Å². The fourth-order valence-corrected chi connectivity index (χ4v) is 3.69. The lowest BCUT2D eigenvalue weighted by Gasteiger charge is -2.16. The van der Waals surface area contributed by atoms with Crippen molar-refractivity contribution >= 4 is 34.1 Å². The number of hydrogen-bond acceptors (Lipinski definition) is 5. The van der Waals surface area contributed by atoms with E-state index in [4.69, 9.17) is 4.98 Å². The third-order valence-electron chi connectivity index (χ3n) is 5.41. The Labute approximate surface area is 189 Å². The van der Waals surface area contributed by atoms with Crippen LogP contribution in [0.3, 0.4) is 0 Å². The molecule has 2 aromatic heterocycles. The molecule has 0 saturated heterocycles. The van der Waals surface area contributed by atoms with Gasteiger partial charge in [-0.1, -0.05) is 24.3 Å². The number of anilines is 2. The highest BCUT2D eigenvalue weighted by Crippen LogP contribution is 2.24. The molecule has 0 radical (unpaired) electrons. The van der Waals surface area contributed by atoms with Gasteiger partial charge in [-0.3, -0.25) is 4.79 Å². The van der Waals surface area contributed by atoms with Crippen molar-refractivity contribution in [2.45, 2.75) is 19.9 Å². The van der Waals surface area contributed by atoms with Crippen molar-refractivity contribution in [1.29, 1.82) is 0 Å². The standard InChI is InChI=1S/C25H21FN6O/c1-15(17-9-13-20(14-10-17)29-24(33)18-7-11-19(26)12-8-18)27-25-30-22-6-4-3-5-21(22)23-28-16(2)31-32(23)25/h3-15H,1-2H3,(H,27,30)(H,29,33). The molecule has 2 N–H and O–H groups in total. The molecule has 7 nitrogen and oxygen atoms in total. The Balaban J connectivity index is 1.36. The molecule has 0 aliphatic heterocycles. The summed E-state index contributed by atoms with van der Waals surface area (Å²) in [7, 11) is 0. The van der Waals surface area contributed by atoms with Crippen LogP contribution in [0.2, 0.25) is 0 Å². The molecule has 0 aliphatic carbocycles. The van der Waals surface area contributed by atoms with Crippen molar-refractivity contribution in [3.8, 4) is 0 Å². The number of nitrogens with zero attached hydrogens (tertiary/aromatic N) is 4. The topological polar surface area (TPSA) is 84.2 Å². The average Bonchev–Trinajstić information content (AvgIpc) is 3.22. The molecule has 0 aliphatic rings. The average molecular weight is 440 g/mol. The lowest BCUT2D eigenvalue weighted by Crippen LogP contribution is -2.13. The van der Waals surface area contributed by atoms with E-state index in [1.165, 1.54) is 24.3 Å². The van der Waals surface area contributed by atoms with E-state index in [0.29, 0.717) is 23.0 Å². The monoisotopic (exact) mass is 440 g/mol. The van der Waals surface area contributed by atoms with Crippen molar-refractivity contribution in [2.75, 3.05) is 10.6 Å². The minimum Gasteiger partial charge on any atom is -0.348 e. The van der Waals surface area contributed by atoms with Crippen LogP contribution in [0.1, 0.15) is 34.7 Å². The number of benzene rings is 3. The summed E-state index contributed by atoms with van der Waals surface area (Å²) < 4.78 is 14.8. The highest BCUT2D eigenvalue weighted by atomic mass is 19.1. The van der Waals surface area contributed by atoms with Gasteiger partial charge < -0.3 is 10.6 Å². The van der Waals surface area contributed by atoms with Crippen LogP contribution in [0.5, 0.6) is 0 Å². The smallest absolute Gasteiger partial charge is 0.255 e. The molecule has 0 fully saturated rings. The van der Waals surface area contributed by atoms with Crippen LogP contribution in [0, 0.1) is 12.7 Å². The SMILES string of the molecule is Cc1nc2c3ccccc3nc(NC(C)c3ccc(NC(=O)c4ccc(F)cc4)cc3)n2n1. The largest absolute Gasteiger partial charge is 0.348 e. The second-order valence-electron chi connectivity index (χ2n) is 7.80. The van der Waals surface area contributed by atoms with E-state index in [2.05, 4.69) is 20.7 Å². The zero-order valence-corrected chi connectivity index (χ0v) is 18.1. The van der Waals surface area contributed by atoms with Crippen molar-refractivity contribution in [1.82, 2.24) is 19.6 Å². The number of para-hydroxylation sites is 1. The molecule has 1 atom stereocenters. The number of halogens is 1. The molecular formula is C25H21FN6O. The highest BCUT2D eigenvalue weighted by Gasteiger charge is 2.15. The molecule has 3 aromatic carbocycles. The Morgan fingerprint density at radius 2 is 1.70 bits per heavy atom. The van der Waals surface area contributed by atoms with E-state index < -0.39 is 0 Å². The number of carbonyl (C=O) groups excluding carboxylic acids is 1. The predicted molar refractivity (Wildman–Crippen MR) is 126 cm³/mol. The maximum absolute atomic E-state index is 13.1. The first-order valence-electron chi connectivity index (χ1n) is 10.5. The van der Waals surface area contributed by atoms with E-state index in [0.717, 1.165) is 22.1 Å². The van der Waals surface area contributed by atoms with Crippen LogP contribution in [-0.4, -0.2) is 25.5 Å². The van der Waals surface area contributed by atoms with Crippen LogP contribution in [-0.2, 0) is 0 Å². The summed E-state index contributed by atoms with van der Waals surface area (Å²) in [6, 6.07) is 20.7. The van der Waals surface area contributed by atoms with Crippen LogP contribution < -0.4 is 10.6 Å². The number of amides is 1. The first-order valence-corrected chi connectivity index (χ1v) is 10.5. The van der Waals surface area contributed by atoms with Gasteiger partial charge in [-0.2, -0.15) is 4.52 Å². The minimum atomic E-state index is -0.378. The van der Waals surface area contributed by atoms with E-state index in [1.807, 2.05) is 62.4 Å². The van der Waals surface area contributed by atoms with Gasteiger partial charge in [0, 0.05) is 16.6 Å². The summed E-state index contributed by atoms with van der Waals surface area (Å²) in [5.41, 5.74) is 3.65. The maximum Gasteiger partial charge on any atom is 0.255 e. The van der Waals surface area contributed by atoms with Crippen molar-refractivity contribution < 1.29 is 9.18 Å². The van der Waals surface area contributed by atoms with Crippen LogP contribution in [0.25, 0.3) is 16.6 Å². The third kappa shape index (κ3) is 4.10. The summed E-state index contributed by atoms with van der Waals surface area (Å²) in [4.78, 5) is 21.7. The zero-order chi connectivity index (χ0) is 22.9. The fourth-order valence-electron chi connectivity index (χ4n) is 3.69. The molecule has 5 aromatic rings. The summed E-state index contributed by atoms with van der Waals surface area (Å²) in [5, 5.41) is 11.7. The number of hydrogen-bond donors (Lipinski definition) is 2. The van der Waals surface area contributed by atoms with Crippen molar-refractivity contribution in [3.05, 3.63) is 95.6 Å². The lowest BCUT2D eigenvalue weighted by atomic mass is 10.1. The van der Waals surface area contributed by atoms with Gasteiger partial charge in [0.25, 0.3) is 5.91 Å². The summed E-state index contributed by atoms with van der Waals surface area (Å²) >= 11 is 0. The molecule has 1 unspecified atom stereocenters. The predicted octanol–water partition coefficient (Wildman–Crippen LogP) is 5.15. The summed E-state index contributed by atoms with van der Waals surface area (Å²) in [6.07, 6.45) is 0. The molecule has 0 saturated carbocycles. The second-order valence-corrected chi connectivity index (χ2v) is 7.80. The number of rotatable bonds is 5. The molecule has 0 spiro atoms. The Kier molecular flexibility index (Phi) is 5.18. The van der Waals surface area contributed by atoms with Crippen molar-refractivity contribution in [3.63, 3.8) is 0 Å². The van der Waals surface area contributed by atoms with Gasteiger partial charge in [-0.15, -0.1) is 5.10 Å². The summed E-state index contributed by atoms with van der Waals surface area (Å²) in [6.45, 7) is 3.88. The Morgan fingerprint density at radius 1 is 0.970 bits per heavy atom. The quantitative estimate of drug-likeness (QED) is 0.395. The fraction of sp³-hybridized carbons (Fsp3) is 0.120. The minimum absolute atomic E-state index is 0.0757. The van der Waals surface area contributed by atoms with Gasteiger partial charge in [-0.05, 0) is 67.9 Å². The number of fused-ring (bicyclic) bond motifs is 3. The molecule has 0 bridgehead atoms. The number of nitrogens with one attached hydrogen (secondary N) is 2. The van der Waals surface area contributed by atoms with Gasteiger partial charge in [0.1, 0.15) is 11.6 Å². The van der Waals surface area contributed by atoms with E-state index in [-0.39, 0.29) is 17.8 Å².